The Balaban J connectivity index is 1.82. The highest BCUT2D eigenvalue weighted by atomic mass is 32.2. The van der Waals surface area contributed by atoms with E-state index in [4.69, 9.17) is 0 Å². The minimum atomic E-state index is -3.22. The Kier molecular flexibility index (Phi) is 6.37. The Morgan fingerprint density at radius 1 is 1.29 bits per heavy atom. The fourth-order valence-corrected chi connectivity index (χ4v) is 3.60. The standard InChI is InChI=1S/C17H26N2O4S/c1-13(12-20)19-9-7-14(8-10-19)11-17(21)18-15-3-5-16(6-4-15)24(2,22)23/h3-6,13-14,20H,7-12H2,1-2H3,(H,18,21). The van der Waals surface area contributed by atoms with Crippen molar-refractivity contribution in [3.05, 3.63) is 24.3 Å². The van der Waals surface area contributed by atoms with E-state index >= 15 is 0 Å². The van der Waals surface area contributed by atoms with Crippen LogP contribution in [-0.2, 0) is 14.6 Å². The van der Waals surface area contributed by atoms with Crippen molar-refractivity contribution in [2.75, 3.05) is 31.3 Å². The Morgan fingerprint density at radius 3 is 2.38 bits per heavy atom. The number of aliphatic hydroxyl groups is 1. The zero-order valence-corrected chi connectivity index (χ0v) is 15.1. The summed E-state index contributed by atoms with van der Waals surface area (Å²) in [5, 5.41) is 12.0. The maximum absolute atomic E-state index is 12.2. The number of carbonyl (C=O) groups is 1. The molecular weight excluding hydrogens is 328 g/mol. The maximum atomic E-state index is 12.2. The largest absolute Gasteiger partial charge is 0.395 e. The lowest BCUT2D eigenvalue weighted by molar-refractivity contribution is -0.117. The van der Waals surface area contributed by atoms with Crippen LogP contribution in [-0.4, -0.2) is 56.3 Å². The molecule has 24 heavy (non-hydrogen) atoms. The van der Waals surface area contributed by atoms with Crippen molar-refractivity contribution < 1.29 is 18.3 Å². The van der Waals surface area contributed by atoms with E-state index in [-0.39, 0.29) is 23.5 Å². The summed E-state index contributed by atoms with van der Waals surface area (Å²) in [7, 11) is -3.22. The molecule has 0 aromatic heterocycles. The van der Waals surface area contributed by atoms with Gasteiger partial charge in [-0.15, -0.1) is 0 Å². The van der Waals surface area contributed by atoms with E-state index < -0.39 is 9.84 Å². The van der Waals surface area contributed by atoms with Crippen molar-refractivity contribution >= 4 is 21.4 Å². The number of rotatable bonds is 6. The highest BCUT2D eigenvalue weighted by molar-refractivity contribution is 7.90. The summed E-state index contributed by atoms with van der Waals surface area (Å²) in [6, 6.07) is 6.40. The minimum absolute atomic E-state index is 0.0456. The predicted molar refractivity (Wildman–Crippen MR) is 93.6 cm³/mol. The van der Waals surface area contributed by atoms with Crippen LogP contribution in [0.1, 0.15) is 26.2 Å². The average molecular weight is 354 g/mol. The second-order valence-electron chi connectivity index (χ2n) is 6.56. The molecule has 2 N–H and O–H groups in total. The van der Waals surface area contributed by atoms with Gasteiger partial charge in [0.15, 0.2) is 9.84 Å². The van der Waals surface area contributed by atoms with E-state index in [9.17, 15) is 18.3 Å². The van der Waals surface area contributed by atoms with Gasteiger partial charge in [-0.1, -0.05) is 0 Å². The minimum Gasteiger partial charge on any atom is -0.395 e. The van der Waals surface area contributed by atoms with E-state index in [1.807, 2.05) is 6.92 Å². The van der Waals surface area contributed by atoms with Crippen LogP contribution in [0.4, 0.5) is 5.69 Å². The first-order valence-corrected chi connectivity index (χ1v) is 10.1. The molecule has 2 rings (SSSR count). The highest BCUT2D eigenvalue weighted by Crippen LogP contribution is 2.23. The molecule has 6 nitrogen and oxygen atoms in total. The normalized spacial score (nSPS) is 18.3. The number of anilines is 1. The molecule has 1 heterocycles. The second-order valence-corrected chi connectivity index (χ2v) is 8.58. The van der Waals surface area contributed by atoms with Crippen molar-refractivity contribution in [2.24, 2.45) is 5.92 Å². The molecule has 134 valence electrons. The van der Waals surface area contributed by atoms with Crippen LogP contribution in [0.2, 0.25) is 0 Å². The smallest absolute Gasteiger partial charge is 0.224 e. The maximum Gasteiger partial charge on any atom is 0.224 e. The Bertz CT molecular complexity index is 650. The molecule has 1 fully saturated rings. The lowest BCUT2D eigenvalue weighted by Gasteiger charge is -2.35. The molecule has 1 saturated heterocycles. The highest BCUT2D eigenvalue weighted by Gasteiger charge is 2.24. The van der Waals surface area contributed by atoms with Gasteiger partial charge in [0.25, 0.3) is 0 Å². The molecule has 1 aromatic rings. The van der Waals surface area contributed by atoms with E-state index in [0.717, 1.165) is 32.2 Å². The number of likely N-dealkylation sites (tertiary alicyclic amines) is 1. The fraction of sp³-hybridized carbons (Fsp3) is 0.588. The van der Waals surface area contributed by atoms with E-state index in [1.54, 1.807) is 12.1 Å². The van der Waals surface area contributed by atoms with Crippen molar-refractivity contribution in [3.8, 4) is 0 Å². The molecule has 1 aliphatic heterocycles. The zero-order valence-electron chi connectivity index (χ0n) is 14.2. The number of carbonyl (C=O) groups excluding carboxylic acids is 1. The van der Waals surface area contributed by atoms with Gasteiger partial charge in [-0.25, -0.2) is 8.42 Å². The molecule has 1 unspecified atom stereocenters. The number of nitrogens with zero attached hydrogens (tertiary/aromatic N) is 1. The molecule has 0 bridgehead atoms. The number of nitrogens with one attached hydrogen (secondary N) is 1. The molecule has 1 aromatic carbocycles. The number of hydrogen-bond acceptors (Lipinski definition) is 5. The first kappa shape index (κ1) is 18.9. The molecule has 0 aliphatic carbocycles. The number of piperidine rings is 1. The van der Waals surface area contributed by atoms with Crippen LogP contribution in [0.15, 0.2) is 29.2 Å². The summed E-state index contributed by atoms with van der Waals surface area (Å²) >= 11 is 0. The molecule has 1 amide bonds. The number of benzene rings is 1. The SMILES string of the molecule is CC(CO)N1CCC(CC(=O)Nc2ccc(S(C)(=O)=O)cc2)CC1. The van der Waals surface area contributed by atoms with Crippen LogP contribution in [0.3, 0.4) is 0 Å². The number of hydrogen-bond donors (Lipinski definition) is 2. The summed E-state index contributed by atoms with van der Waals surface area (Å²) in [4.78, 5) is 14.6. The quantitative estimate of drug-likeness (QED) is 0.809. The molecule has 1 atom stereocenters. The molecule has 7 heteroatoms. The third-order valence-electron chi connectivity index (χ3n) is 4.58. The molecule has 0 saturated carbocycles. The van der Waals surface area contributed by atoms with Crippen molar-refractivity contribution in [2.45, 2.75) is 37.1 Å². The van der Waals surface area contributed by atoms with Gasteiger partial charge in [0.1, 0.15) is 0 Å². The van der Waals surface area contributed by atoms with Crippen LogP contribution in [0, 0.1) is 5.92 Å². The van der Waals surface area contributed by atoms with Gasteiger partial charge >= 0.3 is 0 Å². The Morgan fingerprint density at radius 2 is 1.88 bits per heavy atom. The Labute approximate surface area is 143 Å². The van der Waals surface area contributed by atoms with Gasteiger partial charge < -0.3 is 10.4 Å². The molecule has 1 aliphatic rings. The van der Waals surface area contributed by atoms with Crippen LogP contribution in [0.25, 0.3) is 0 Å². The van der Waals surface area contributed by atoms with Crippen LogP contribution >= 0.6 is 0 Å². The van der Waals surface area contributed by atoms with Gasteiger partial charge in [0.2, 0.25) is 5.91 Å². The van der Waals surface area contributed by atoms with E-state index in [1.165, 1.54) is 12.1 Å². The second kappa shape index (κ2) is 8.09. The third-order valence-corrected chi connectivity index (χ3v) is 5.71. The summed E-state index contributed by atoms with van der Waals surface area (Å²) in [5.74, 6) is 0.304. The average Bonchev–Trinajstić information content (AvgIpc) is 2.54. The fourth-order valence-electron chi connectivity index (χ4n) is 2.97. The zero-order chi connectivity index (χ0) is 17.7. The summed E-state index contributed by atoms with van der Waals surface area (Å²) in [5.41, 5.74) is 0.610. The van der Waals surface area contributed by atoms with E-state index in [0.29, 0.717) is 18.0 Å². The first-order valence-electron chi connectivity index (χ1n) is 8.24. The molecular formula is C17H26N2O4S. The number of amides is 1. The van der Waals surface area contributed by atoms with Crippen molar-refractivity contribution in [1.82, 2.24) is 4.90 Å². The summed E-state index contributed by atoms with van der Waals surface area (Å²) in [6.07, 6.45) is 3.52. The van der Waals surface area contributed by atoms with Gasteiger partial charge in [0.05, 0.1) is 11.5 Å². The monoisotopic (exact) mass is 354 g/mol. The lowest BCUT2D eigenvalue weighted by Crippen LogP contribution is -2.42. The van der Waals surface area contributed by atoms with Gasteiger partial charge in [-0.05, 0) is 63.0 Å². The van der Waals surface area contributed by atoms with Crippen molar-refractivity contribution in [1.29, 1.82) is 0 Å². The predicted octanol–water partition coefficient (Wildman–Crippen LogP) is 1.51. The first-order chi connectivity index (χ1) is 11.3. The third kappa shape index (κ3) is 5.29. The summed E-state index contributed by atoms with van der Waals surface area (Å²) < 4.78 is 22.8. The lowest BCUT2D eigenvalue weighted by atomic mass is 9.92. The van der Waals surface area contributed by atoms with Gasteiger partial charge in [-0.2, -0.15) is 0 Å². The van der Waals surface area contributed by atoms with Crippen molar-refractivity contribution in [3.63, 3.8) is 0 Å². The molecule has 0 spiro atoms. The van der Waals surface area contributed by atoms with Gasteiger partial charge in [0, 0.05) is 24.4 Å². The van der Waals surface area contributed by atoms with Gasteiger partial charge in [-0.3, -0.25) is 9.69 Å². The molecule has 0 radical (unpaired) electrons. The van der Waals surface area contributed by atoms with Crippen LogP contribution in [0.5, 0.6) is 0 Å². The van der Waals surface area contributed by atoms with E-state index in [2.05, 4.69) is 10.2 Å². The summed E-state index contributed by atoms with van der Waals surface area (Å²) in [6.45, 7) is 3.98. The topological polar surface area (TPSA) is 86.7 Å². The van der Waals surface area contributed by atoms with Crippen LogP contribution < -0.4 is 5.32 Å². The number of sulfone groups is 1. The Hall–Kier alpha value is -1.44. The number of aliphatic hydroxyl groups excluding tert-OH is 1.